The molecular weight excluding hydrogens is 276 g/mol. The highest BCUT2D eigenvalue weighted by molar-refractivity contribution is 5.87. The molecule has 3 heteroatoms. The summed E-state index contributed by atoms with van der Waals surface area (Å²) in [5.74, 6) is 2.44. The Morgan fingerprint density at radius 3 is 2.55 bits per heavy atom. The monoisotopic (exact) mass is 306 g/mol. The zero-order valence-electron chi connectivity index (χ0n) is 13.9. The summed E-state index contributed by atoms with van der Waals surface area (Å²) in [6, 6.07) is 0. The smallest absolute Gasteiger partial charge is 0.141 e. The van der Waals surface area contributed by atoms with Crippen LogP contribution in [0.4, 0.5) is 0 Å². The van der Waals surface area contributed by atoms with E-state index in [2.05, 4.69) is 6.92 Å². The highest BCUT2D eigenvalue weighted by atomic mass is 16.3. The van der Waals surface area contributed by atoms with E-state index in [1.165, 1.54) is 12.8 Å². The molecule has 22 heavy (non-hydrogen) atoms. The summed E-state index contributed by atoms with van der Waals surface area (Å²) in [5.41, 5.74) is -0.214. The molecule has 0 aliphatic heterocycles. The van der Waals surface area contributed by atoms with Crippen LogP contribution >= 0.6 is 0 Å². The van der Waals surface area contributed by atoms with Crippen LogP contribution < -0.4 is 0 Å². The lowest BCUT2D eigenvalue weighted by molar-refractivity contribution is -0.169. The number of carbonyl (C=O) groups excluding carboxylic acids is 1. The molecule has 4 aliphatic carbocycles. The van der Waals surface area contributed by atoms with Crippen molar-refractivity contribution in [2.45, 2.75) is 77.4 Å². The summed E-state index contributed by atoms with van der Waals surface area (Å²) in [5, 5.41) is 20.9. The molecule has 124 valence electrons. The van der Waals surface area contributed by atoms with Gasteiger partial charge in [0.15, 0.2) is 0 Å². The van der Waals surface area contributed by atoms with Crippen molar-refractivity contribution in [2.75, 3.05) is 0 Å². The summed E-state index contributed by atoms with van der Waals surface area (Å²) in [6.45, 7) is 4.44. The first-order valence-corrected chi connectivity index (χ1v) is 9.26. The molecule has 4 saturated carbocycles. The third-order valence-corrected chi connectivity index (χ3v) is 8.46. The van der Waals surface area contributed by atoms with E-state index in [0.717, 1.165) is 32.1 Å². The van der Waals surface area contributed by atoms with Crippen LogP contribution in [0.5, 0.6) is 0 Å². The molecule has 2 N–H and O–H groups in total. The van der Waals surface area contributed by atoms with E-state index in [1.54, 1.807) is 0 Å². The van der Waals surface area contributed by atoms with E-state index in [1.807, 2.05) is 6.92 Å². The van der Waals surface area contributed by atoms with Crippen LogP contribution in [0.15, 0.2) is 0 Å². The minimum atomic E-state index is -0.474. The maximum Gasteiger partial charge on any atom is 0.141 e. The number of Topliss-reactive ketones (excluding diaryl/α,β-unsaturated/α-hetero) is 1. The normalized spacial score (nSPS) is 57.9. The fraction of sp³-hybridized carbons (Fsp3) is 0.947. The van der Waals surface area contributed by atoms with Gasteiger partial charge < -0.3 is 10.2 Å². The summed E-state index contributed by atoms with van der Waals surface area (Å²) < 4.78 is 0. The van der Waals surface area contributed by atoms with Gasteiger partial charge in [-0.2, -0.15) is 0 Å². The molecule has 0 bridgehead atoms. The van der Waals surface area contributed by atoms with Gasteiger partial charge in [-0.1, -0.05) is 6.92 Å². The number of hydrogen-bond acceptors (Lipinski definition) is 3. The van der Waals surface area contributed by atoms with Gasteiger partial charge in [-0.05, 0) is 81.0 Å². The Kier molecular flexibility index (Phi) is 3.30. The van der Waals surface area contributed by atoms with Crippen molar-refractivity contribution in [3.63, 3.8) is 0 Å². The molecule has 0 aromatic heterocycles. The van der Waals surface area contributed by atoms with Crippen LogP contribution in [0.3, 0.4) is 0 Å². The van der Waals surface area contributed by atoms with Crippen molar-refractivity contribution in [3.8, 4) is 0 Å². The Balaban J connectivity index is 1.68. The quantitative estimate of drug-likeness (QED) is 0.723. The van der Waals surface area contributed by atoms with Crippen LogP contribution in [0.2, 0.25) is 0 Å². The van der Waals surface area contributed by atoms with Crippen molar-refractivity contribution in [2.24, 2.45) is 34.5 Å². The number of aliphatic hydroxyl groups excluding tert-OH is 2. The maximum atomic E-state index is 12.4. The zero-order valence-corrected chi connectivity index (χ0v) is 13.9. The van der Waals surface area contributed by atoms with Crippen molar-refractivity contribution in [1.29, 1.82) is 0 Å². The van der Waals surface area contributed by atoms with Gasteiger partial charge in [0.05, 0.1) is 17.6 Å². The lowest BCUT2D eigenvalue weighted by Crippen LogP contribution is -2.58. The van der Waals surface area contributed by atoms with Crippen LogP contribution in [0, 0.1) is 34.5 Å². The first-order valence-electron chi connectivity index (χ1n) is 9.26. The average molecular weight is 306 g/mol. The van der Waals surface area contributed by atoms with Gasteiger partial charge in [0.2, 0.25) is 0 Å². The number of carbonyl (C=O) groups is 1. The predicted molar refractivity (Wildman–Crippen MR) is 84.1 cm³/mol. The molecule has 0 saturated heterocycles. The van der Waals surface area contributed by atoms with Crippen LogP contribution in [-0.2, 0) is 4.79 Å². The molecule has 0 spiro atoms. The molecule has 8 atom stereocenters. The molecule has 4 rings (SSSR count). The first kappa shape index (κ1) is 15.1. The number of fused-ring (bicyclic) bond motifs is 5. The molecule has 3 nitrogen and oxygen atoms in total. The van der Waals surface area contributed by atoms with Gasteiger partial charge in [-0.3, -0.25) is 4.79 Å². The fourth-order valence-corrected chi connectivity index (χ4v) is 6.98. The van der Waals surface area contributed by atoms with E-state index in [0.29, 0.717) is 35.9 Å². The number of hydrogen-bond donors (Lipinski definition) is 2. The zero-order chi connectivity index (χ0) is 15.7. The maximum absolute atomic E-state index is 12.4. The molecule has 0 amide bonds. The van der Waals surface area contributed by atoms with Crippen molar-refractivity contribution >= 4 is 5.78 Å². The second-order valence-corrected chi connectivity index (χ2v) is 9.08. The largest absolute Gasteiger partial charge is 0.393 e. The van der Waals surface area contributed by atoms with E-state index < -0.39 is 11.5 Å². The molecule has 0 aromatic rings. The lowest BCUT2D eigenvalue weighted by Gasteiger charge is -2.61. The van der Waals surface area contributed by atoms with Gasteiger partial charge >= 0.3 is 0 Å². The van der Waals surface area contributed by atoms with E-state index in [9.17, 15) is 15.0 Å². The highest BCUT2D eigenvalue weighted by Crippen LogP contribution is 2.65. The molecule has 0 radical (unpaired) electrons. The van der Waals surface area contributed by atoms with E-state index in [4.69, 9.17) is 0 Å². The first-order chi connectivity index (χ1) is 10.4. The lowest BCUT2D eigenvalue weighted by atomic mass is 9.44. The predicted octanol–water partition coefficient (Wildman–Crippen LogP) is 2.93. The minimum absolute atomic E-state index is 0.124. The van der Waals surface area contributed by atoms with Gasteiger partial charge in [0.25, 0.3) is 0 Å². The fourth-order valence-electron chi connectivity index (χ4n) is 6.98. The molecule has 4 aliphatic rings. The second kappa shape index (κ2) is 4.80. The Hall–Kier alpha value is -0.410. The molecule has 0 heterocycles. The van der Waals surface area contributed by atoms with Gasteiger partial charge in [0.1, 0.15) is 5.78 Å². The average Bonchev–Trinajstić information content (AvgIpc) is 2.79. The standard InChI is InChI=1S/C19H30O3/c1-18-8-7-12(20)9-11(18)3-4-13-14-5-6-16(21)19(14,2)17(22)10-15(13)18/h11-15,17,20,22H,3-10H2,1-2H3/t11-,12-,13-,14-,15-,17+,18-,19-/m0/s1. The van der Waals surface area contributed by atoms with Crippen molar-refractivity contribution in [3.05, 3.63) is 0 Å². The number of aliphatic hydroxyl groups is 2. The molecule has 0 unspecified atom stereocenters. The number of rotatable bonds is 0. The number of ketones is 1. The molecule has 0 aromatic carbocycles. The van der Waals surface area contributed by atoms with Gasteiger partial charge in [-0.25, -0.2) is 0 Å². The van der Waals surface area contributed by atoms with Crippen LogP contribution in [0.1, 0.15) is 65.2 Å². The highest BCUT2D eigenvalue weighted by Gasteiger charge is 2.63. The Labute approximate surface area is 133 Å². The summed E-state index contributed by atoms with van der Waals surface area (Å²) in [6.07, 6.45) is 7.19. The second-order valence-electron chi connectivity index (χ2n) is 9.08. The summed E-state index contributed by atoms with van der Waals surface area (Å²) >= 11 is 0. The SMILES string of the molecule is C[C@]12CC[C@H](O)C[C@@H]1CC[C@@H]1[C@@H]2C[C@@H](O)[C@]2(C)C(=O)CC[C@@H]12. The van der Waals surface area contributed by atoms with Crippen molar-refractivity contribution < 1.29 is 15.0 Å². The summed E-state index contributed by atoms with van der Waals surface area (Å²) in [7, 11) is 0. The van der Waals surface area contributed by atoms with Crippen LogP contribution in [-0.4, -0.2) is 28.2 Å². The topological polar surface area (TPSA) is 57.5 Å². The molecule has 4 fully saturated rings. The van der Waals surface area contributed by atoms with E-state index >= 15 is 0 Å². The van der Waals surface area contributed by atoms with Crippen molar-refractivity contribution in [1.82, 2.24) is 0 Å². The Bertz CT molecular complexity index is 489. The Morgan fingerprint density at radius 1 is 1.00 bits per heavy atom. The third kappa shape index (κ3) is 1.78. The molecular formula is C19H30O3. The van der Waals surface area contributed by atoms with Gasteiger partial charge in [0, 0.05) is 6.42 Å². The Morgan fingerprint density at radius 2 is 1.77 bits per heavy atom. The summed E-state index contributed by atoms with van der Waals surface area (Å²) in [4.78, 5) is 12.4. The van der Waals surface area contributed by atoms with Gasteiger partial charge in [-0.15, -0.1) is 0 Å². The third-order valence-electron chi connectivity index (χ3n) is 8.46. The minimum Gasteiger partial charge on any atom is -0.393 e. The van der Waals surface area contributed by atoms with Crippen LogP contribution in [0.25, 0.3) is 0 Å². The van der Waals surface area contributed by atoms with E-state index in [-0.39, 0.29) is 11.5 Å².